The minimum absolute atomic E-state index is 0.252. The summed E-state index contributed by atoms with van der Waals surface area (Å²) >= 11 is 0. The third-order valence-corrected chi connectivity index (χ3v) is 3.79. The van der Waals surface area contributed by atoms with Crippen LogP contribution in [0, 0.1) is 13.8 Å². The van der Waals surface area contributed by atoms with Gasteiger partial charge in [0, 0.05) is 38.8 Å². The van der Waals surface area contributed by atoms with E-state index in [1.54, 1.807) is 0 Å². The van der Waals surface area contributed by atoms with Crippen molar-refractivity contribution in [2.45, 2.75) is 26.3 Å². The van der Waals surface area contributed by atoms with E-state index in [1.807, 2.05) is 0 Å². The standard InChI is InChI=1S/C15H24N2O/c1-12-3-4-13(2)14(11-12)15(5-10-18)17-8-6-16-7-9-17/h3-4,11,15-16,18H,5-10H2,1-2H3/t15-/m0/s1. The van der Waals surface area contributed by atoms with Gasteiger partial charge in [0.2, 0.25) is 0 Å². The number of hydrogen-bond acceptors (Lipinski definition) is 3. The highest BCUT2D eigenvalue weighted by Gasteiger charge is 2.22. The van der Waals surface area contributed by atoms with Gasteiger partial charge >= 0.3 is 0 Å². The third-order valence-electron chi connectivity index (χ3n) is 3.79. The Morgan fingerprint density at radius 1 is 1.28 bits per heavy atom. The molecule has 1 aliphatic rings. The summed E-state index contributed by atoms with van der Waals surface area (Å²) in [5.41, 5.74) is 4.01. The minimum atomic E-state index is 0.252. The van der Waals surface area contributed by atoms with E-state index in [9.17, 15) is 5.11 Å². The van der Waals surface area contributed by atoms with Crippen LogP contribution in [0.3, 0.4) is 0 Å². The van der Waals surface area contributed by atoms with Crippen molar-refractivity contribution in [3.8, 4) is 0 Å². The lowest BCUT2D eigenvalue weighted by Crippen LogP contribution is -2.45. The van der Waals surface area contributed by atoms with E-state index in [0.717, 1.165) is 32.6 Å². The number of benzene rings is 1. The summed E-state index contributed by atoms with van der Waals surface area (Å²) < 4.78 is 0. The van der Waals surface area contributed by atoms with Crippen molar-refractivity contribution in [1.82, 2.24) is 10.2 Å². The first-order valence-corrected chi connectivity index (χ1v) is 6.85. The number of aliphatic hydroxyl groups excluding tert-OH is 1. The maximum absolute atomic E-state index is 9.35. The average Bonchev–Trinajstić information content (AvgIpc) is 2.40. The van der Waals surface area contributed by atoms with Crippen LogP contribution in [-0.2, 0) is 0 Å². The monoisotopic (exact) mass is 248 g/mol. The molecular weight excluding hydrogens is 224 g/mol. The van der Waals surface area contributed by atoms with Gasteiger partial charge < -0.3 is 10.4 Å². The first-order chi connectivity index (χ1) is 8.72. The smallest absolute Gasteiger partial charge is 0.0449 e. The Morgan fingerprint density at radius 3 is 2.67 bits per heavy atom. The molecule has 2 N–H and O–H groups in total. The predicted molar refractivity (Wildman–Crippen MR) is 74.8 cm³/mol. The van der Waals surface area contributed by atoms with Gasteiger partial charge in [-0.15, -0.1) is 0 Å². The number of hydrogen-bond donors (Lipinski definition) is 2. The SMILES string of the molecule is Cc1ccc(C)c([C@H](CCO)N2CCNCC2)c1. The Labute approximate surface area is 110 Å². The van der Waals surface area contributed by atoms with E-state index in [2.05, 4.69) is 42.3 Å². The fourth-order valence-corrected chi connectivity index (χ4v) is 2.77. The summed E-state index contributed by atoms with van der Waals surface area (Å²) in [6.07, 6.45) is 0.824. The first-order valence-electron chi connectivity index (χ1n) is 6.85. The van der Waals surface area contributed by atoms with Crippen LogP contribution in [-0.4, -0.2) is 42.8 Å². The molecule has 18 heavy (non-hydrogen) atoms. The number of aliphatic hydroxyl groups is 1. The van der Waals surface area contributed by atoms with Crippen LogP contribution in [0.25, 0.3) is 0 Å². The summed E-state index contributed by atoms with van der Waals surface area (Å²) in [6, 6.07) is 6.98. The Morgan fingerprint density at radius 2 is 2.00 bits per heavy atom. The molecule has 1 saturated heterocycles. The van der Waals surface area contributed by atoms with Crippen molar-refractivity contribution in [3.05, 3.63) is 34.9 Å². The van der Waals surface area contributed by atoms with Crippen molar-refractivity contribution >= 4 is 0 Å². The number of rotatable bonds is 4. The molecule has 1 fully saturated rings. The van der Waals surface area contributed by atoms with Crippen molar-refractivity contribution in [2.24, 2.45) is 0 Å². The molecule has 1 atom stereocenters. The van der Waals surface area contributed by atoms with Crippen molar-refractivity contribution in [1.29, 1.82) is 0 Å². The van der Waals surface area contributed by atoms with E-state index >= 15 is 0 Å². The van der Waals surface area contributed by atoms with E-state index in [4.69, 9.17) is 0 Å². The quantitative estimate of drug-likeness (QED) is 0.850. The molecule has 1 heterocycles. The molecule has 2 rings (SSSR count). The lowest BCUT2D eigenvalue weighted by Gasteiger charge is -2.35. The zero-order valence-corrected chi connectivity index (χ0v) is 11.4. The van der Waals surface area contributed by atoms with Crippen molar-refractivity contribution < 1.29 is 5.11 Å². The summed E-state index contributed by atoms with van der Waals surface area (Å²) in [4.78, 5) is 2.49. The first kappa shape index (κ1) is 13.5. The maximum Gasteiger partial charge on any atom is 0.0449 e. The van der Waals surface area contributed by atoms with Crippen LogP contribution in [0.1, 0.15) is 29.2 Å². The number of piperazine rings is 1. The Hall–Kier alpha value is -0.900. The van der Waals surface area contributed by atoms with Gasteiger partial charge in [0.1, 0.15) is 0 Å². The number of nitrogens with one attached hydrogen (secondary N) is 1. The van der Waals surface area contributed by atoms with Gasteiger partial charge in [0.15, 0.2) is 0 Å². The molecule has 0 radical (unpaired) electrons. The fraction of sp³-hybridized carbons (Fsp3) is 0.600. The van der Waals surface area contributed by atoms with Crippen LogP contribution in [0.15, 0.2) is 18.2 Å². The van der Waals surface area contributed by atoms with Crippen LogP contribution in [0.4, 0.5) is 0 Å². The lowest BCUT2D eigenvalue weighted by molar-refractivity contribution is 0.140. The molecule has 1 aromatic carbocycles. The maximum atomic E-state index is 9.35. The average molecular weight is 248 g/mol. The summed E-state index contributed by atoms with van der Waals surface area (Å²) in [7, 11) is 0. The Bertz CT molecular complexity index is 386. The van der Waals surface area contributed by atoms with Crippen LogP contribution in [0.2, 0.25) is 0 Å². The molecule has 0 aliphatic carbocycles. The molecule has 3 heteroatoms. The van der Waals surface area contributed by atoms with E-state index in [-0.39, 0.29) is 6.61 Å². The van der Waals surface area contributed by atoms with Crippen LogP contribution >= 0.6 is 0 Å². The molecule has 100 valence electrons. The molecule has 0 spiro atoms. The highest BCUT2D eigenvalue weighted by atomic mass is 16.3. The molecule has 1 aliphatic heterocycles. The second-order valence-corrected chi connectivity index (χ2v) is 5.17. The van der Waals surface area contributed by atoms with Gasteiger partial charge in [-0.3, -0.25) is 4.90 Å². The summed E-state index contributed by atoms with van der Waals surface area (Å²) in [6.45, 7) is 8.79. The number of nitrogens with zero attached hydrogens (tertiary/aromatic N) is 1. The van der Waals surface area contributed by atoms with Gasteiger partial charge in [-0.05, 0) is 31.4 Å². The molecule has 0 aromatic heterocycles. The van der Waals surface area contributed by atoms with Crippen LogP contribution in [0.5, 0.6) is 0 Å². The fourth-order valence-electron chi connectivity index (χ4n) is 2.77. The zero-order chi connectivity index (χ0) is 13.0. The second-order valence-electron chi connectivity index (χ2n) is 5.17. The summed E-state index contributed by atoms with van der Waals surface area (Å²) in [5.74, 6) is 0. The topological polar surface area (TPSA) is 35.5 Å². The Balaban J connectivity index is 2.24. The van der Waals surface area contributed by atoms with E-state index in [0.29, 0.717) is 6.04 Å². The molecule has 0 unspecified atom stereocenters. The molecule has 0 amide bonds. The van der Waals surface area contributed by atoms with Gasteiger partial charge in [-0.25, -0.2) is 0 Å². The molecular formula is C15H24N2O. The highest BCUT2D eigenvalue weighted by molar-refractivity contribution is 5.33. The Kier molecular flexibility index (Phi) is 4.75. The molecule has 0 saturated carbocycles. The predicted octanol–water partition coefficient (Wildman–Crippen LogP) is 1.63. The molecule has 0 bridgehead atoms. The second kappa shape index (κ2) is 6.32. The third kappa shape index (κ3) is 3.10. The normalized spacial score (nSPS) is 18.8. The van der Waals surface area contributed by atoms with E-state index < -0.39 is 0 Å². The van der Waals surface area contributed by atoms with Crippen molar-refractivity contribution in [3.63, 3.8) is 0 Å². The van der Waals surface area contributed by atoms with Crippen LogP contribution < -0.4 is 5.32 Å². The molecule has 3 nitrogen and oxygen atoms in total. The molecule has 1 aromatic rings. The van der Waals surface area contributed by atoms with E-state index in [1.165, 1.54) is 16.7 Å². The lowest BCUT2D eigenvalue weighted by atomic mass is 9.95. The van der Waals surface area contributed by atoms with Gasteiger partial charge in [0.05, 0.1) is 0 Å². The minimum Gasteiger partial charge on any atom is -0.396 e. The number of aryl methyl sites for hydroxylation is 2. The van der Waals surface area contributed by atoms with Gasteiger partial charge in [-0.2, -0.15) is 0 Å². The van der Waals surface area contributed by atoms with Gasteiger partial charge in [0.25, 0.3) is 0 Å². The van der Waals surface area contributed by atoms with Gasteiger partial charge in [-0.1, -0.05) is 23.8 Å². The van der Waals surface area contributed by atoms with Crippen molar-refractivity contribution in [2.75, 3.05) is 32.8 Å². The zero-order valence-electron chi connectivity index (χ0n) is 11.4. The highest BCUT2D eigenvalue weighted by Crippen LogP contribution is 2.28. The summed E-state index contributed by atoms with van der Waals surface area (Å²) in [5, 5.41) is 12.7. The largest absolute Gasteiger partial charge is 0.396 e.